The monoisotopic (exact) mass is 296 g/mol. The molecule has 0 radical (unpaired) electrons. The van der Waals surface area contributed by atoms with Gasteiger partial charge in [0, 0.05) is 25.8 Å². The minimum absolute atomic E-state index is 0.0546. The molecule has 0 aliphatic rings. The molecule has 0 fully saturated rings. The highest BCUT2D eigenvalue weighted by Gasteiger charge is 2.14. The van der Waals surface area contributed by atoms with Crippen LogP contribution in [0.4, 0.5) is 11.6 Å². The second-order valence-corrected chi connectivity index (χ2v) is 4.84. The van der Waals surface area contributed by atoms with E-state index in [2.05, 4.69) is 20.7 Å². The lowest BCUT2D eigenvalue weighted by atomic mass is 10.3. The number of amides is 1. The SMILES string of the molecule is CCN(CC(=O)NC(C)C)c1cc(NN)nc(COC)n1. The molecule has 0 bridgehead atoms. The summed E-state index contributed by atoms with van der Waals surface area (Å²) in [6.45, 7) is 6.94. The van der Waals surface area contributed by atoms with Gasteiger partial charge in [0.2, 0.25) is 5.91 Å². The number of carbonyl (C=O) groups is 1. The van der Waals surface area contributed by atoms with Gasteiger partial charge in [-0.15, -0.1) is 0 Å². The quantitative estimate of drug-likeness (QED) is 0.467. The zero-order valence-corrected chi connectivity index (χ0v) is 13.0. The highest BCUT2D eigenvalue weighted by Crippen LogP contribution is 2.15. The van der Waals surface area contributed by atoms with E-state index < -0.39 is 0 Å². The number of rotatable bonds is 8. The van der Waals surface area contributed by atoms with Crippen molar-refractivity contribution in [2.45, 2.75) is 33.4 Å². The first-order valence-electron chi connectivity index (χ1n) is 6.88. The average molecular weight is 296 g/mol. The third kappa shape index (κ3) is 5.52. The van der Waals surface area contributed by atoms with Gasteiger partial charge in [-0.2, -0.15) is 0 Å². The van der Waals surface area contributed by atoms with Gasteiger partial charge in [-0.3, -0.25) is 4.79 Å². The van der Waals surface area contributed by atoms with Gasteiger partial charge >= 0.3 is 0 Å². The second kappa shape index (κ2) is 8.38. The van der Waals surface area contributed by atoms with Gasteiger partial charge in [0.25, 0.3) is 0 Å². The number of aromatic nitrogens is 2. The number of hydrogen-bond donors (Lipinski definition) is 3. The summed E-state index contributed by atoms with van der Waals surface area (Å²) in [6, 6.07) is 1.80. The molecular weight excluding hydrogens is 272 g/mol. The van der Waals surface area contributed by atoms with Crippen LogP contribution in [0.5, 0.6) is 0 Å². The van der Waals surface area contributed by atoms with E-state index >= 15 is 0 Å². The van der Waals surface area contributed by atoms with E-state index in [1.54, 1.807) is 13.2 Å². The molecule has 8 nitrogen and oxygen atoms in total. The molecule has 1 aromatic heterocycles. The number of nitrogens with two attached hydrogens (primary N) is 1. The van der Waals surface area contributed by atoms with E-state index in [9.17, 15) is 4.79 Å². The number of nitrogen functional groups attached to an aromatic ring is 1. The summed E-state index contributed by atoms with van der Waals surface area (Å²) in [7, 11) is 1.57. The van der Waals surface area contributed by atoms with Crippen LogP contribution in [0.2, 0.25) is 0 Å². The Hall–Kier alpha value is -1.93. The van der Waals surface area contributed by atoms with Crippen LogP contribution in [0.3, 0.4) is 0 Å². The Morgan fingerprint density at radius 3 is 2.71 bits per heavy atom. The van der Waals surface area contributed by atoms with Crippen LogP contribution in [-0.4, -0.2) is 42.1 Å². The molecule has 1 aromatic rings. The van der Waals surface area contributed by atoms with Gasteiger partial charge < -0.3 is 20.4 Å². The first kappa shape index (κ1) is 17.1. The molecule has 0 aliphatic carbocycles. The predicted molar refractivity (Wildman–Crippen MR) is 81.7 cm³/mol. The van der Waals surface area contributed by atoms with Crippen molar-refractivity contribution >= 4 is 17.5 Å². The average Bonchev–Trinajstić information content (AvgIpc) is 2.43. The summed E-state index contributed by atoms with van der Waals surface area (Å²) in [5, 5.41) is 2.86. The van der Waals surface area contributed by atoms with Crippen LogP contribution >= 0.6 is 0 Å². The Balaban J connectivity index is 2.93. The summed E-state index contributed by atoms with van der Waals surface area (Å²) >= 11 is 0. The molecule has 0 aliphatic heterocycles. The Morgan fingerprint density at radius 2 is 2.19 bits per heavy atom. The number of anilines is 2. The zero-order chi connectivity index (χ0) is 15.8. The van der Waals surface area contributed by atoms with Crippen molar-refractivity contribution in [1.29, 1.82) is 0 Å². The number of methoxy groups -OCH3 is 1. The van der Waals surface area contributed by atoms with E-state index in [-0.39, 0.29) is 25.1 Å². The van der Waals surface area contributed by atoms with Gasteiger partial charge in [-0.05, 0) is 20.8 Å². The molecule has 0 saturated carbocycles. The molecule has 8 heteroatoms. The minimum atomic E-state index is -0.0546. The lowest BCUT2D eigenvalue weighted by Crippen LogP contribution is -2.40. The van der Waals surface area contributed by atoms with Crippen LogP contribution in [0.15, 0.2) is 6.07 Å². The molecule has 118 valence electrons. The first-order valence-corrected chi connectivity index (χ1v) is 6.88. The summed E-state index contributed by atoms with van der Waals surface area (Å²) in [5.74, 6) is 6.98. The number of hydrazine groups is 1. The van der Waals surface area contributed by atoms with Gasteiger partial charge in [-0.25, -0.2) is 15.8 Å². The predicted octanol–water partition coefficient (Wildman–Crippen LogP) is 0.260. The normalized spacial score (nSPS) is 10.6. The van der Waals surface area contributed by atoms with Gasteiger partial charge in [0.05, 0.1) is 6.54 Å². The number of carbonyl (C=O) groups excluding carboxylic acids is 1. The molecule has 0 saturated heterocycles. The molecular formula is C13H24N6O2. The van der Waals surface area contributed by atoms with Gasteiger partial charge in [0.1, 0.15) is 18.2 Å². The fourth-order valence-corrected chi connectivity index (χ4v) is 1.81. The van der Waals surface area contributed by atoms with E-state index in [4.69, 9.17) is 10.6 Å². The smallest absolute Gasteiger partial charge is 0.239 e. The van der Waals surface area contributed by atoms with Crippen LogP contribution in [0.1, 0.15) is 26.6 Å². The van der Waals surface area contributed by atoms with Crippen LogP contribution < -0.4 is 21.5 Å². The summed E-state index contributed by atoms with van der Waals surface area (Å²) in [5.41, 5.74) is 2.50. The van der Waals surface area contributed by atoms with Crippen molar-refractivity contribution in [3.05, 3.63) is 11.9 Å². The van der Waals surface area contributed by atoms with Crippen LogP contribution in [0.25, 0.3) is 0 Å². The molecule has 1 heterocycles. The lowest BCUT2D eigenvalue weighted by Gasteiger charge is -2.23. The molecule has 0 aromatic carbocycles. The Bertz CT molecular complexity index is 466. The Labute approximate surface area is 125 Å². The largest absolute Gasteiger partial charge is 0.377 e. The Kier molecular flexibility index (Phi) is 6.83. The molecule has 4 N–H and O–H groups in total. The first-order chi connectivity index (χ1) is 9.99. The summed E-state index contributed by atoms with van der Waals surface area (Å²) in [4.78, 5) is 22.3. The second-order valence-electron chi connectivity index (χ2n) is 4.84. The number of likely N-dealkylation sites (N-methyl/N-ethyl adjacent to an activating group) is 1. The van der Waals surface area contributed by atoms with Crippen molar-refractivity contribution in [2.24, 2.45) is 5.84 Å². The molecule has 21 heavy (non-hydrogen) atoms. The standard InChI is InChI=1S/C13H24N6O2/c1-5-19(7-13(20)15-9(2)3)12-6-10(18-14)16-11(17-12)8-21-4/h6,9H,5,7-8,14H2,1-4H3,(H,15,20)(H,16,17,18). The van der Waals surface area contributed by atoms with E-state index in [1.807, 2.05) is 25.7 Å². The lowest BCUT2D eigenvalue weighted by molar-refractivity contribution is -0.120. The van der Waals surface area contributed by atoms with Gasteiger partial charge in [0.15, 0.2) is 5.82 Å². The van der Waals surface area contributed by atoms with Crippen molar-refractivity contribution in [3.8, 4) is 0 Å². The van der Waals surface area contributed by atoms with Crippen molar-refractivity contribution < 1.29 is 9.53 Å². The summed E-state index contributed by atoms with van der Waals surface area (Å²) < 4.78 is 5.04. The molecule has 0 spiro atoms. The maximum absolute atomic E-state index is 11.9. The number of hydrogen-bond acceptors (Lipinski definition) is 7. The van der Waals surface area contributed by atoms with Crippen molar-refractivity contribution in [1.82, 2.24) is 15.3 Å². The molecule has 0 unspecified atom stereocenters. The summed E-state index contributed by atoms with van der Waals surface area (Å²) in [6.07, 6.45) is 0. The van der Waals surface area contributed by atoms with Crippen molar-refractivity contribution in [3.63, 3.8) is 0 Å². The fourth-order valence-electron chi connectivity index (χ4n) is 1.81. The number of ether oxygens (including phenoxy) is 1. The topological polar surface area (TPSA) is 105 Å². The van der Waals surface area contributed by atoms with Crippen molar-refractivity contribution in [2.75, 3.05) is 30.5 Å². The van der Waals surface area contributed by atoms with Gasteiger partial charge in [-0.1, -0.05) is 0 Å². The third-order valence-electron chi connectivity index (χ3n) is 2.67. The highest BCUT2D eigenvalue weighted by atomic mass is 16.5. The highest BCUT2D eigenvalue weighted by molar-refractivity contribution is 5.81. The maximum Gasteiger partial charge on any atom is 0.239 e. The number of nitrogens with zero attached hydrogens (tertiary/aromatic N) is 3. The third-order valence-corrected chi connectivity index (χ3v) is 2.67. The molecule has 1 amide bonds. The molecule has 1 rings (SSSR count). The van der Waals surface area contributed by atoms with E-state index in [0.717, 1.165) is 0 Å². The number of nitrogens with one attached hydrogen (secondary N) is 2. The zero-order valence-electron chi connectivity index (χ0n) is 13.0. The minimum Gasteiger partial charge on any atom is -0.377 e. The van der Waals surface area contributed by atoms with Crippen LogP contribution in [0, 0.1) is 0 Å². The van der Waals surface area contributed by atoms with Crippen LogP contribution in [-0.2, 0) is 16.1 Å². The maximum atomic E-state index is 11.9. The fraction of sp³-hybridized carbons (Fsp3) is 0.615. The van der Waals surface area contributed by atoms with E-state index in [0.29, 0.717) is 24.0 Å². The van der Waals surface area contributed by atoms with E-state index in [1.165, 1.54) is 0 Å². The Morgan fingerprint density at radius 1 is 1.48 bits per heavy atom. The molecule has 0 atom stereocenters.